The Kier molecular flexibility index (Phi) is 2.86. The van der Waals surface area contributed by atoms with Crippen molar-refractivity contribution in [1.29, 1.82) is 0 Å². The summed E-state index contributed by atoms with van der Waals surface area (Å²) in [5.74, 6) is -1.49. The minimum atomic E-state index is -1.14. The first kappa shape index (κ1) is 12.2. The lowest BCUT2D eigenvalue weighted by molar-refractivity contribution is 0.0690. The number of carboxylic acids is 1. The van der Waals surface area contributed by atoms with E-state index in [0.717, 1.165) is 5.56 Å². The number of hydrogen-bond donors (Lipinski definition) is 1. The van der Waals surface area contributed by atoms with Crippen LogP contribution in [0.2, 0.25) is 0 Å². The molecule has 0 spiro atoms. The molecule has 0 amide bonds. The molecule has 0 atom stereocenters. The molecule has 0 unspecified atom stereocenters. The van der Waals surface area contributed by atoms with E-state index in [0.29, 0.717) is 10.9 Å². The molecule has 1 aromatic carbocycles. The predicted molar refractivity (Wildman–Crippen MR) is 67.8 cm³/mol. The van der Waals surface area contributed by atoms with Crippen molar-refractivity contribution in [3.05, 3.63) is 53.7 Å². The van der Waals surface area contributed by atoms with Crippen molar-refractivity contribution in [1.82, 2.24) is 20.0 Å². The van der Waals surface area contributed by atoms with Crippen molar-refractivity contribution in [3.8, 4) is 0 Å². The summed E-state index contributed by atoms with van der Waals surface area (Å²) < 4.78 is 15.0. The molecule has 1 N–H and O–H groups in total. The summed E-state index contributed by atoms with van der Waals surface area (Å²) in [5.41, 5.74) is 1.13. The monoisotopic (exact) mass is 272 g/mol. The van der Waals surface area contributed by atoms with E-state index in [1.807, 2.05) is 0 Å². The van der Waals surface area contributed by atoms with Crippen LogP contribution in [0.25, 0.3) is 10.9 Å². The van der Waals surface area contributed by atoms with Gasteiger partial charge in [-0.2, -0.15) is 0 Å². The van der Waals surface area contributed by atoms with Crippen LogP contribution in [0, 0.1) is 5.82 Å². The molecule has 7 heteroatoms. The van der Waals surface area contributed by atoms with Gasteiger partial charge in [-0.25, -0.2) is 13.9 Å². The SMILES string of the molecule is O=C(O)c1cn(Cc2ccc(F)c3cccnc23)nn1. The average molecular weight is 272 g/mol. The van der Waals surface area contributed by atoms with Gasteiger partial charge in [-0.3, -0.25) is 4.98 Å². The minimum absolute atomic E-state index is 0.135. The summed E-state index contributed by atoms with van der Waals surface area (Å²) in [6.07, 6.45) is 2.90. The van der Waals surface area contributed by atoms with E-state index in [1.54, 1.807) is 24.4 Å². The highest BCUT2D eigenvalue weighted by molar-refractivity contribution is 5.84. The molecule has 0 bridgehead atoms. The van der Waals surface area contributed by atoms with Crippen LogP contribution < -0.4 is 0 Å². The Balaban J connectivity index is 2.02. The van der Waals surface area contributed by atoms with Crippen LogP contribution in [0.5, 0.6) is 0 Å². The number of aromatic nitrogens is 4. The van der Waals surface area contributed by atoms with Gasteiger partial charge in [0.15, 0.2) is 5.69 Å². The Morgan fingerprint density at radius 3 is 2.95 bits per heavy atom. The zero-order valence-corrected chi connectivity index (χ0v) is 10.2. The van der Waals surface area contributed by atoms with Crippen LogP contribution in [-0.2, 0) is 6.54 Å². The molecule has 100 valence electrons. The van der Waals surface area contributed by atoms with Crippen LogP contribution in [0.4, 0.5) is 4.39 Å². The second-order valence-corrected chi connectivity index (χ2v) is 4.21. The first-order valence-electron chi connectivity index (χ1n) is 5.80. The van der Waals surface area contributed by atoms with E-state index in [9.17, 15) is 9.18 Å². The van der Waals surface area contributed by atoms with Crippen LogP contribution in [0.15, 0.2) is 36.7 Å². The number of aromatic carboxylic acids is 1. The number of nitrogens with zero attached hydrogens (tertiary/aromatic N) is 4. The van der Waals surface area contributed by atoms with E-state index in [2.05, 4.69) is 15.3 Å². The van der Waals surface area contributed by atoms with Crippen molar-refractivity contribution < 1.29 is 14.3 Å². The molecule has 0 radical (unpaired) electrons. The van der Waals surface area contributed by atoms with Crippen molar-refractivity contribution in [2.24, 2.45) is 0 Å². The molecule has 0 aliphatic rings. The number of fused-ring (bicyclic) bond motifs is 1. The molecule has 0 saturated heterocycles. The summed E-state index contributed by atoms with van der Waals surface area (Å²) >= 11 is 0. The zero-order valence-electron chi connectivity index (χ0n) is 10.2. The van der Waals surface area contributed by atoms with E-state index in [-0.39, 0.29) is 18.1 Å². The smallest absolute Gasteiger partial charge is 0.358 e. The molecule has 3 aromatic rings. The summed E-state index contributed by atoms with van der Waals surface area (Å²) in [6, 6.07) is 6.26. The molecule has 0 fully saturated rings. The first-order valence-corrected chi connectivity index (χ1v) is 5.80. The Bertz CT molecular complexity index is 800. The van der Waals surface area contributed by atoms with E-state index in [1.165, 1.54) is 16.9 Å². The molecule has 0 aliphatic heterocycles. The van der Waals surface area contributed by atoms with Gasteiger partial charge in [-0.15, -0.1) is 5.10 Å². The third kappa shape index (κ3) is 2.09. The predicted octanol–water partition coefficient (Wildman–Crippen LogP) is 1.71. The highest BCUT2D eigenvalue weighted by atomic mass is 19.1. The first-order chi connectivity index (χ1) is 9.65. The van der Waals surface area contributed by atoms with E-state index < -0.39 is 5.97 Å². The fourth-order valence-corrected chi connectivity index (χ4v) is 1.97. The number of hydrogen-bond acceptors (Lipinski definition) is 4. The molecular weight excluding hydrogens is 263 g/mol. The fraction of sp³-hybridized carbons (Fsp3) is 0.0769. The summed E-state index contributed by atoms with van der Waals surface area (Å²) in [5, 5.41) is 16.5. The van der Waals surface area contributed by atoms with Crippen LogP contribution in [0.1, 0.15) is 16.1 Å². The van der Waals surface area contributed by atoms with Gasteiger partial charge in [-0.05, 0) is 18.2 Å². The third-order valence-electron chi connectivity index (χ3n) is 2.89. The lowest BCUT2D eigenvalue weighted by Gasteiger charge is -2.06. The van der Waals surface area contributed by atoms with Crippen molar-refractivity contribution in [3.63, 3.8) is 0 Å². The minimum Gasteiger partial charge on any atom is -0.476 e. The Labute approximate surface area is 112 Å². The zero-order chi connectivity index (χ0) is 14.1. The number of rotatable bonds is 3. The summed E-state index contributed by atoms with van der Waals surface area (Å²) in [7, 11) is 0. The van der Waals surface area contributed by atoms with Gasteiger partial charge >= 0.3 is 5.97 Å². The maximum absolute atomic E-state index is 13.7. The number of pyridine rings is 1. The maximum atomic E-state index is 13.7. The molecule has 20 heavy (non-hydrogen) atoms. The second kappa shape index (κ2) is 4.69. The van der Waals surface area contributed by atoms with Gasteiger partial charge in [0.1, 0.15) is 5.82 Å². The Morgan fingerprint density at radius 2 is 2.20 bits per heavy atom. The topological polar surface area (TPSA) is 80.9 Å². The number of benzene rings is 1. The normalized spacial score (nSPS) is 10.8. The van der Waals surface area contributed by atoms with Crippen LogP contribution in [-0.4, -0.2) is 31.1 Å². The van der Waals surface area contributed by atoms with Crippen molar-refractivity contribution in [2.45, 2.75) is 6.54 Å². The molecule has 2 heterocycles. The summed E-state index contributed by atoms with van der Waals surface area (Å²) in [4.78, 5) is 14.9. The van der Waals surface area contributed by atoms with Gasteiger partial charge in [0.05, 0.1) is 18.3 Å². The standard InChI is InChI=1S/C13H9FN4O2/c14-10-4-3-8(12-9(10)2-1-5-15-12)6-18-7-11(13(19)20)16-17-18/h1-5,7H,6H2,(H,19,20). The van der Waals surface area contributed by atoms with Crippen LogP contribution >= 0.6 is 0 Å². The summed E-state index contributed by atoms with van der Waals surface area (Å²) in [6.45, 7) is 0.272. The van der Waals surface area contributed by atoms with Gasteiger partial charge in [0.25, 0.3) is 0 Å². The highest BCUT2D eigenvalue weighted by Gasteiger charge is 2.11. The fourth-order valence-electron chi connectivity index (χ4n) is 1.97. The lowest BCUT2D eigenvalue weighted by Crippen LogP contribution is -2.02. The van der Waals surface area contributed by atoms with Gasteiger partial charge in [0, 0.05) is 17.1 Å². The Morgan fingerprint density at radius 1 is 1.35 bits per heavy atom. The number of carbonyl (C=O) groups is 1. The van der Waals surface area contributed by atoms with Gasteiger partial charge < -0.3 is 5.11 Å². The van der Waals surface area contributed by atoms with E-state index >= 15 is 0 Å². The average Bonchev–Trinajstić information content (AvgIpc) is 2.91. The quantitative estimate of drug-likeness (QED) is 0.785. The highest BCUT2D eigenvalue weighted by Crippen LogP contribution is 2.20. The van der Waals surface area contributed by atoms with Gasteiger partial charge in [0.2, 0.25) is 0 Å². The molecule has 3 rings (SSSR count). The Hall–Kier alpha value is -2.83. The lowest BCUT2D eigenvalue weighted by atomic mass is 10.1. The van der Waals surface area contributed by atoms with Crippen LogP contribution in [0.3, 0.4) is 0 Å². The largest absolute Gasteiger partial charge is 0.476 e. The van der Waals surface area contributed by atoms with Gasteiger partial charge in [-0.1, -0.05) is 11.3 Å². The molecule has 6 nitrogen and oxygen atoms in total. The molecule has 2 aromatic heterocycles. The van der Waals surface area contributed by atoms with E-state index in [4.69, 9.17) is 5.11 Å². The molecule has 0 saturated carbocycles. The molecular formula is C13H9FN4O2. The maximum Gasteiger partial charge on any atom is 0.358 e. The molecule has 0 aliphatic carbocycles. The number of halogens is 1. The second-order valence-electron chi connectivity index (χ2n) is 4.21. The van der Waals surface area contributed by atoms with Crippen molar-refractivity contribution >= 4 is 16.9 Å². The van der Waals surface area contributed by atoms with Crippen molar-refractivity contribution in [2.75, 3.05) is 0 Å². The number of carboxylic acid groups (broad SMARTS) is 1. The third-order valence-corrected chi connectivity index (χ3v) is 2.89.